The molecule has 1 aromatic rings. The molecule has 0 unspecified atom stereocenters. The maximum absolute atomic E-state index is 5.64. The molecule has 21 heavy (non-hydrogen) atoms. The number of rotatable bonds is 13. The van der Waals surface area contributed by atoms with Crippen LogP contribution in [-0.2, 0) is 6.54 Å². The second kappa shape index (κ2) is 12.7. The molecule has 0 bridgehead atoms. The van der Waals surface area contributed by atoms with Gasteiger partial charge in [0.05, 0.1) is 6.61 Å². The van der Waals surface area contributed by atoms with Crippen LogP contribution < -0.4 is 10.1 Å². The Morgan fingerprint density at radius 3 is 2.24 bits per heavy atom. The lowest BCUT2D eigenvalue weighted by molar-refractivity contribution is 0.335. The van der Waals surface area contributed by atoms with Gasteiger partial charge in [-0.25, -0.2) is 0 Å². The number of para-hydroxylation sites is 1. The monoisotopic (exact) mass is 291 g/mol. The number of hydrogen-bond donors (Lipinski definition) is 1. The van der Waals surface area contributed by atoms with Crippen molar-refractivity contribution in [2.24, 2.45) is 0 Å². The van der Waals surface area contributed by atoms with Crippen LogP contribution in [0, 0.1) is 0 Å². The van der Waals surface area contributed by atoms with Crippen LogP contribution in [0.4, 0.5) is 0 Å². The van der Waals surface area contributed by atoms with Gasteiger partial charge in [-0.05, 0) is 26.0 Å². The van der Waals surface area contributed by atoms with Crippen molar-refractivity contribution in [1.29, 1.82) is 0 Å². The first kappa shape index (κ1) is 18.0. The van der Waals surface area contributed by atoms with Gasteiger partial charge in [-0.3, -0.25) is 0 Å². The predicted molar refractivity (Wildman–Crippen MR) is 91.9 cm³/mol. The van der Waals surface area contributed by atoms with Gasteiger partial charge in [-0.15, -0.1) is 0 Å². The molecule has 1 rings (SSSR count). The Bertz CT molecular complexity index is 351. The molecule has 0 fully saturated rings. The zero-order valence-corrected chi connectivity index (χ0v) is 14.0. The largest absolute Gasteiger partial charge is 0.494 e. The van der Waals surface area contributed by atoms with Crippen LogP contribution in [0.1, 0.15) is 70.8 Å². The summed E-state index contributed by atoms with van der Waals surface area (Å²) in [5.74, 6) is 1.02. The van der Waals surface area contributed by atoms with Gasteiger partial charge in [-0.2, -0.15) is 0 Å². The molecule has 0 saturated carbocycles. The van der Waals surface area contributed by atoms with Gasteiger partial charge in [-0.1, -0.05) is 70.1 Å². The average Bonchev–Trinajstić information content (AvgIpc) is 2.51. The summed E-state index contributed by atoms with van der Waals surface area (Å²) in [6, 6.07) is 8.31. The Hall–Kier alpha value is -1.02. The molecule has 1 aromatic carbocycles. The fraction of sp³-hybridized carbons (Fsp3) is 0.684. The highest BCUT2D eigenvalue weighted by molar-refractivity contribution is 5.33. The van der Waals surface area contributed by atoms with Crippen LogP contribution in [0.25, 0.3) is 0 Å². The van der Waals surface area contributed by atoms with Crippen LogP contribution in [0.2, 0.25) is 0 Å². The minimum absolute atomic E-state index is 0.731. The number of benzene rings is 1. The van der Waals surface area contributed by atoms with Crippen molar-refractivity contribution < 1.29 is 4.74 Å². The standard InChI is InChI=1S/C19H33NO/c1-3-5-6-7-8-9-10-13-16-20-17-18-14-11-12-15-19(18)21-4-2/h11-12,14-15,20H,3-10,13,16-17H2,1-2H3. The van der Waals surface area contributed by atoms with Gasteiger partial charge in [0.1, 0.15) is 5.75 Å². The van der Waals surface area contributed by atoms with Crippen LogP contribution in [0.3, 0.4) is 0 Å². The SMILES string of the molecule is CCCCCCCCCCNCc1ccccc1OCC. The van der Waals surface area contributed by atoms with Gasteiger partial charge in [0.25, 0.3) is 0 Å². The van der Waals surface area contributed by atoms with E-state index in [1.807, 2.05) is 13.0 Å². The van der Waals surface area contributed by atoms with E-state index in [0.717, 1.165) is 25.4 Å². The van der Waals surface area contributed by atoms with Gasteiger partial charge in [0.2, 0.25) is 0 Å². The third-order valence-electron chi connectivity index (χ3n) is 3.80. The number of unbranched alkanes of at least 4 members (excludes halogenated alkanes) is 7. The molecule has 0 heterocycles. The molecule has 0 atom stereocenters. The second-order valence-electron chi connectivity index (χ2n) is 5.69. The van der Waals surface area contributed by atoms with Crippen molar-refractivity contribution in [3.05, 3.63) is 29.8 Å². The summed E-state index contributed by atoms with van der Waals surface area (Å²) in [5, 5.41) is 3.53. The van der Waals surface area contributed by atoms with Gasteiger partial charge in [0.15, 0.2) is 0 Å². The van der Waals surface area contributed by atoms with E-state index in [9.17, 15) is 0 Å². The highest BCUT2D eigenvalue weighted by atomic mass is 16.5. The first-order valence-electron chi connectivity index (χ1n) is 8.80. The molecule has 0 aromatic heterocycles. The van der Waals surface area contributed by atoms with Gasteiger partial charge in [0, 0.05) is 12.1 Å². The molecule has 0 amide bonds. The van der Waals surface area contributed by atoms with Crippen molar-refractivity contribution >= 4 is 0 Å². The minimum atomic E-state index is 0.731. The average molecular weight is 291 g/mol. The first-order chi connectivity index (χ1) is 10.4. The fourth-order valence-corrected chi connectivity index (χ4v) is 2.55. The first-order valence-corrected chi connectivity index (χ1v) is 8.80. The Morgan fingerprint density at radius 2 is 1.52 bits per heavy atom. The molecule has 0 aliphatic rings. The summed E-state index contributed by atoms with van der Waals surface area (Å²) in [5.41, 5.74) is 1.26. The van der Waals surface area contributed by atoms with Gasteiger partial charge >= 0.3 is 0 Å². The summed E-state index contributed by atoms with van der Waals surface area (Å²) in [6.45, 7) is 7.05. The number of hydrogen-bond acceptors (Lipinski definition) is 2. The van der Waals surface area contributed by atoms with E-state index >= 15 is 0 Å². The molecular weight excluding hydrogens is 258 g/mol. The lowest BCUT2D eigenvalue weighted by Crippen LogP contribution is -2.15. The second-order valence-corrected chi connectivity index (χ2v) is 5.69. The van der Waals surface area contributed by atoms with E-state index in [2.05, 4.69) is 30.4 Å². The summed E-state index contributed by atoms with van der Waals surface area (Å²) in [4.78, 5) is 0. The molecule has 0 radical (unpaired) electrons. The molecule has 0 saturated heterocycles. The van der Waals surface area contributed by atoms with E-state index in [-0.39, 0.29) is 0 Å². The van der Waals surface area contributed by atoms with Crippen molar-refractivity contribution in [2.75, 3.05) is 13.2 Å². The van der Waals surface area contributed by atoms with Crippen molar-refractivity contribution in [3.8, 4) is 5.75 Å². The molecule has 1 N–H and O–H groups in total. The third kappa shape index (κ3) is 8.77. The van der Waals surface area contributed by atoms with Crippen LogP contribution >= 0.6 is 0 Å². The quantitative estimate of drug-likeness (QED) is 0.497. The number of ether oxygens (including phenoxy) is 1. The van der Waals surface area contributed by atoms with E-state index in [0.29, 0.717) is 0 Å². The Morgan fingerprint density at radius 1 is 0.857 bits per heavy atom. The summed E-state index contributed by atoms with van der Waals surface area (Å²) in [6.07, 6.45) is 11.0. The highest BCUT2D eigenvalue weighted by Gasteiger charge is 2.01. The zero-order valence-electron chi connectivity index (χ0n) is 14.0. The van der Waals surface area contributed by atoms with Crippen LogP contribution in [0.15, 0.2) is 24.3 Å². The summed E-state index contributed by atoms with van der Waals surface area (Å²) >= 11 is 0. The van der Waals surface area contributed by atoms with E-state index in [1.165, 1.54) is 56.9 Å². The van der Waals surface area contributed by atoms with Gasteiger partial charge < -0.3 is 10.1 Å². The molecule has 2 heteroatoms. The van der Waals surface area contributed by atoms with E-state index < -0.39 is 0 Å². The predicted octanol–water partition coefficient (Wildman–Crippen LogP) is 5.32. The number of nitrogens with one attached hydrogen (secondary N) is 1. The zero-order chi connectivity index (χ0) is 15.2. The molecule has 0 aliphatic carbocycles. The van der Waals surface area contributed by atoms with Crippen molar-refractivity contribution in [3.63, 3.8) is 0 Å². The van der Waals surface area contributed by atoms with Crippen LogP contribution in [-0.4, -0.2) is 13.2 Å². The molecule has 0 spiro atoms. The molecule has 0 aliphatic heterocycles. The Kier molecular flexibility index (Phi) is 10.9. The highest BCUT2D eigenvalue weighted by Crippen LogP contribution is 2.17. The van der Waals surface area contributed by atoms with E-state index in [4.69, 9.17) is 4.74 Å². The third-order valence-corrected chi connectivity index (χ3v) is 3.80. The summed E-state index contributed by atoms with van der Waals surface area (Å²) in [7, 11) is 0. The molecule has 120 valence electrons. The van der Waals surface area contributed by atoms with Crippen molar-refractivity contribution in [1.82, 2.24) is 5.32 Å². The minimum Gasteiger partial charge on any atom is -0.494 e. The Balaban J connectivity index is 2.01. The molecule has 2 nitrogen and oxygen atoms in total. The maximum atomic E-state index is 5.64. The van der Waals surface area contributed by atoms with Crippen molar-refractivity contribution in [2.45, 2.75) is 71.8 Å². The maximum Gasteiger partial charge on any atom is 0.123 e. The fourth-order valence-electron chi connectivity index (χ4n) is 2.55. The summed E-state index contributed by atoms with van der Waals surface area (Å²) < 4.78 is 5.64. The topological polar surface area (TPSA) is 21.3 Å². The lowest BCUT2D eigenvalue weighted by Gasteiger charge is -2.10. The lowest BCUT2D eigenvalue weighted by atomic mass is 10.1. The Labute approximate surface area is 131 Å². The van der Waals surface area contributed by atoms with E-state index in [1.54, 1.807) is 0 Å². The normalized spacial score (nSPS) is 10.8. The smallest absolute Gasteiger partial charge is 0.123 e. The van der Waals surface area contributed by atoms with Crippen LogP contribution in [0.5, 0.6) is 5.75 Å². The molecular formula is C19H33NO.